The van der Waals surface area contributed by atoms with Crippen LogP contribution in [0.2, 0.25) is 0 Å². The highest BCUT2D eigenvalue weighted by Crippen LogP contribution is 2.21. The van der Waals surface area contributed by atoms with E-state index in [-0.39, 0.29) is 29.8 Å². The van der Waals surface area contributed by atoms with Gasteiger partial charge >= 0.3 is 0 Å². The van der Waals surface area contributed by atoms with Gasteiger partial charge in [0.05, 0.1) is 37.2 Å². The number of hydrogen-bond donors (Lipinski definition) is 0. The zero-order chi connectivity index (χ0) is 25.5. The third-order valence-electron chi connectivity index (χ3n) is 5.92. The summed E-state index contributed by atoms with van der Waals surface area (Å²) in [6, 6.07) is 24.4. The van der Waals surface area contributed by atoms with Gasteiger partial charge < -0.3 is 9.47 Å². The molecular formula is C28H28FN3O3S. The highest BCUT2D eigenvalue weighted by Gasteiger charge is 2.25. The molecule has 0 saturated heterocycles. The van der Waals surface area contributed by atoms with Crippen molar-refractivity contribution in [3.05, 3.63) is 119 Å². The largest absolute Gasteiger partial charge is 0.337 e. The zero-order valence-electron chi connectivity index (χ0n) is 20.0. The van der Waals surface area contributed by atoms with Crippen molar-refractivity contribution in [3.8, 4) is 0 Å². The fourth-order valence-corrected chi connectivity index (χ4v) is 5.51. The molecule has 0 spiro atoms. The van der Waals surface area contributed by atoms with Gasteiger partial charge in [0.1, 0.15) is 5.82 Å². The third kappa shape index (κ3) is 6.26. The lowest BCUT2D eigenvalue weighted by atomic mass is 10.1. The summed E-state index contributed by atoms with van der Waals surface area (Å²) in [4.78, 5) is 19.0. The standard InChI is InChI=1S/C28H28FN3O3S/c1-2-31(27(33)17-22-9-5-3-6-10-22)20-26-18-30-28(32(26)19-23-11-7-4-8-12-23)36(34,35)21-24-13-15-25(29)16-14-24/h3-16,18H,2,17,19-21H2,1H3. The van der Waals surface area contributed by atoms with E-state index in [9.17, 15) is 17.6 Å². The summed E-state index contributed by atoms with van der Waals surface area (Å²) < 4.78 is 41.7. The molecule has 0 bridgehead atoms. The number of carbonyl (C=O) groups excluding carboxylic acids is 1. The van der Waals surface area contributed by atoms with Gasteiger partial charge in [-0.3, -0.25) is 4.79 Å². The molecule has 36 heavy (non-hydrogen) atoms. The molecule has 0 aliphatic rings. The molecule has 0 radical (unpaired) electrons. The van der Waals surface area contributed by atoms with Crippen LogP contribution in [0.25, 0.3) is 0 Å². The highest BCUT2D eigenvalue weighted by molar-refractivity contribution is 7.90. The molecule has 0 saturated carbocycles. The minimum atomic E-state index is -3.84. The van der Waals surface area contributed by atoms with Crippen molar-refractivity contribution in [1.29, 1.82) is 0 Å². The van der Waals surface area contributed by atoms with E-state index in [1.807, 2.05) is 67.6 Å². The van der Waals surface area contributed by atoms with E-state index in [1.165, 1.54) is 30.5 Å². The van der Waals surface area contributed by atoms with Crippen LogP contribution in [0.3, 0.4) is 0 Å². The summed E-state index contributed by atoms with van der Waals surface area (Å²) in [5.74, 6) is -0.779. The van der Waals surface area contributed by atoms with Crippen LogP contribution in [0, 0.1) is 5.82 Å². The first-order chi connectivity index (χ1) is 17.4. The van der Waals surface area contributed by atoms with Crippen LogP contribution in [0.15, 0.2) is 96.3 Å². The summed E-state index contributed by atoms with van der Waals surface area (Å²) >= 11 is 0. The molecule has 4 aromatic rings. The third-order valence-corrected chi connectivity index (χ3v) is 7.51. The van der Waals surface area contributed by atoms with Crippen molar-refractivity contribution in [2.45, 2.75) is 37.3 Å². The molecule has 1 aromatic heterocycles. The number of aromatic nitrogens is 2. The Kier molecular flexibility index (Phi) is 7.95. The predicted molar refractivity (Wildman–Crippen MR) is 136 cm³/mol. The lowest BCUT2D eigenvalue weighted by Gasteiger charge is -2.22. The van der Waals surface area contributed by atoms with Crippen molar-refractivity contribution in [2.24, 2.45) is 0 Å². The van der Waals surface area contributed by atoms with E-state index in [2.05, 4.69) is 4.98 Å². The van der Waals surface area contributed by atoms with Gasteiger partial charge in [-0.25, -0.2) is 17.8 Å². The molecule has 0 fully saturated rings. The fourth-order valence-electron chi connectivity index (χ4n) is 4.02. The molecule has 0 aliphatic carbocycles. The first-order valence-electron chi connectivity index (χ1n) is 11.7. The Balaban J connectivity index is 1.64. The molecule has 0 atom stereocenters. The Bertz CT molecular complexity index is 1400. The molecule has 3 aromatic carbocycles. The lowest BCUT2D eigenvalue weighted by molar-refractivity contribution is -0.130. The summed E-state index contributed by atoms with van der Waals surface area (Å²) in [5, 5.41) is -0.0720. The van der Waals surface area contributed by atoms with Crippen molar-refractivity contribution in [2.75, 3.05) is 6.54 Å². The quantitative estimate of drug-likeness (QED) is 0.315. The number of sulfone groups is 1. The maximum absolute atomic E-state index is 13.4. The number of carbonyl (C=O) groups is 1. The molecule has 186 valence electrons. The monoisotopic (exact) mass is 505 g/mol. The van der Waals surface area contributed by atoms with E-state index in [0.29, 0.717) is 24.3 Å². The van der Waals surface area contributed by atoms with E-state index in [4.69, 9.17) is 0 Å². The van der Waals surface area contributed by atoms with Gasteiger partial charge in [0.15, 0.2) is 0 Å². The maximum atomic E-state index is 13.4. The summed E-state index contributed by atoms with van der Waals surface area (Å²) in [7, 11) is -3.84. The second kappa shape index (κ2) is 11.3. The number of likely N-dealkylation sites (N-methyl/N-ethyl adjacent to an activating group) is 1. The molecule has 0 aliphatic heterocycles. The van der Waals surface area contributed by atoms with Gasteiger partial charge in [-0.2, -0.15) is 0 Å². The first-order valence-corrected chi connectivity index (χ1v) is 13.4. The number of amides is 1. The number of imidazole rings is 1. The minimum absolute atomic E-state index is 0.0492. The van der Waals surface area contributed by atoms with Gasteiger partial charge in [-0.05, 0) is 35.7 Å². The normalized spacial score (nSPS) is 11.4. The van der Waals surface area contributed by atoms with Gasteiger partial charge in [0, 0.05) is 6.54 Å². The molecule has 1 amide bonds. The molecule has 8 heteroatoms. The predicted octanol–water partition coefficient (Wildman–Crippen LogP) is 4.64. The highest BCUT2D eigenvalue weighted by atomic mass is 32.2. The SMILES string of the molecule is CCN(Cc1cnc(S(=O)(=O)Cc2ccc(F)cc2)n1Cc1ccccc1)C(=O)Cc1ccccc1. The van der Waals surface area contributed by atoms with Crippen LogP contribution >= 0.6 is 0 Å². The van der Waals surface area contributed by atoms with Crippen molar-refractivity contribution in [1.82, 2.24) is 14.5 Å². The van der Waals surface area contributed by atoms with Crippen LogP contribution in [0.4, 0.5) is 4.39 Å². The molecule has 0 N–H and O–H groups in total. The number of nitrogens with zero attached hydrogens (tertiary/aromatic N) is 3. The van der Waals surface area contributed by atoms with Gasteiger partial charge in [0.25, 0.3) is 0 Å². The van der Waals surface area contributed by atoms with Gasteiger partial charge in [-0.1, -0.05) is 72.8 Å². The van der Waals surface area contributed by atoms with Crippen LogP contribution in [0.5, 0.6) is 0 Å². The Labute approximate surface area is 211 Å². The van der Waals surface area contributed by atoms with Crippen LogP contribution in [-0.4, -0.2) is 35.3 Å². The summed E-state index contributed by atoms with van der Waals surface area (Å²) in [6.45, 7) is 2.89. The Hall–Kier alpha value is -3.78. The van der Waals surface area contributed by atoms with E-state index in [1.54, 1.807) is 9.47 Å². The Morgan fingerprint density at radius 3 is 2.11 bits per heavy atom. The average molecular weight is 506 g/mol. The number of halogens is 1. The van der Waals surface area contributed by atoms with E-state index < -0.39 is 15.7 Å². The van der Waals surface area contributed by atoms with Crippen LogP contribution < -0.4 is 0 Å². The fraction of sp³-hybridized carbons (Fsp3) is 0.214. The Morgan fingerprint density at radius 1 is 0.889 bits per heavy atom. The lowest BCUT2D eigenvalue weighted by Crippen LogP contribution is -2.32. The summed E-state index contributed by atoms with van der Waals surface area (Å²) in [5.41, 5.74) is 2.93. The van der Waals surface area contributed by atoms with E-state index in [0.717, 1.165) is 11.1 Å². The van der Waals surface area contributed by atoms with Gasteiger partial charge in [-0.15, -0.1) is 0 Å². The van der Waals surface area contributed by atoms with Crippen LogP contribution in [-0.2, 0) is 39.9 Å². The van der Waals surface area contributed by atoms with Crippen molar-refractivity contribution >= 4 is 15.7 Å². The van der Waals surface area contributed by atoms with Gasteiger partial charge in [0.2, 0.25) is 20.9 Å². The zero-order valence-corrected chi connectivity index (χ0v) is 20.9. The number of rotatable bonds is 10. The molecular weight excluding hydrogens is 477 g/mol. The summed E-state index contributed by atoms with van der Waals surface area (Å²) in [6.07, 6.45) is 1.79. The molecule has 4 rings (SSSR count). The molecule has 0 unspecified atom stereocenters. The first kappa shape index (κ1) is 25.3. The van der Waals surface area contributed by atoms with E-state index >= 15 is 0 Å². The number of hydrogen-bond acceptors (Lipinski definition) is 4. The second-order valence-corrected chi connectivity index (χ2v) is 10.4. The van der Waals surface area contributed by atoms with Crippen LogP contribution in [0.1, 0.15) is 29.3 Å². The van der Waals surface area contributed by atoms with Crippen molar-refractivity contribution < 1.29 is 17.6 Å². The smallest absolute Gasteiger partial charge is 0.228 e. The number of benzene rings is 3. The average Bonchev–Trinajstić information content (AvgIpc) is 3.28. The molecule has 1 heterocycles. The maximum Gasteiger partial charge on any atom is 0.228 e. The molecule has 6 nitrogen and oxygen atoms in total. The van der Waals surface area contributed by atoms with Crippen molar-refractivity contribution in [3.63, 3.8) is 0 Å². The second-order valence-electron chi connectivity index (χ2n) is 8.56. The topological polar surface area (TPSA) is 72.3 Å². The minimum Gasteiger partial charge on any atom is -0.337 e. The Morgan fingerprint density at radius 2 is 1.50 bits per heavy atom.